The molecule has 2 aliphatic carbocycles. The van der Waals surface area contributed by atoms with E-state index < -0.39 is 7.92 Å². The topological polar surface area (TPSA) is 25.8 Å². The van der Waals surface area contributed by atoms with Gasteiger partial charge in [0, 0.05) is 7.92 Å². The molecule has 198 valence electrons. The molecule has 6 heteroatoms. The molecule has 2 aromatic heterocycles. The van der Waals surface area contributed by atoms with Crippen LogP contribution in [-0.4, -0.2) is 23.0 Å². The van der Waals surface area contributed by atoms with Crippen molar-refractivity contribution in [2.45, 2.75) is 75.7 Å². The van der Waals surface area contributed by atoms with Gasteiger partial charge in [-0.1, -0.05) is 44.7 Å². The Morgan fingerprint density at radius 3 is 1.84 bits per heavy atom. The van der Waals surface area contributed by atoms with Crippen LogP contribution in [0.15, 0.2) is 94.2 Å². The molecule has 2 saturated carbocycles. The van der Waals surface area contributed by atoms with E-state index in [4.69, 9.17) is 8.83 Å². The normalized spacial score (nSPS) is 17.3. The fraction of sp³-hybridized carbons (Fsp3) is 0.419. The van der Waals surface area contributed by atoms with Gasteiger partial charge in [-0.05, 0) is 58.2 Å². The molecule has 0 saturated heterocycles. The number of hydrogen-bond acceptors (Lipinski definition) is 1. The van der Waals surface area contributed by atoms with Crippen LogP contribution < -0.4 is 16.3 Å². The zero-order valence-corrected chi connectivity index (χ0v) is 24.9. The van der Waals surface area contributed by atoms with Crippen molar-refractivity contribution in [3.63, 3.8) is 0 Å². The van der Waals surface area contributed by atoms with Gasteiger partial charge in [-0.25, -0.2) is 18.2 Å². The maximum Gasteiger partial charge on any atom is 2.00 e. The Kier molecular flexibility index (Phi) is 10.9. The SMILES string of the molecule is CC(c1cc[cH-]c1P([c-]1ccc[o+]1)[c-]1ccc[o+]1)N(C)P(C1CCCC1)C1CCCC1.[Fe+2].c1cc[cH-]c1. The van der Waals surface area contributed by atoms with Crippen LogP contribution in [0.25, 0.3) is 0 Å². The van der Waals surface area contributed by atoms with Crippen LogP contribution >= 0.6 is 16.0 Å². The average Bonchev–Trinajstić information content (AvgIpc) is 3.76. The largest absolute Gasteiger partial charge is 2.00 e. The monoisotopic (exact) mass is 575 g/mol. The summed E-state index contributed by atoms with van der Waals surface area (Å²) >= 11 is 0. The molecule has 2 aliphatic rings. The second kappa shape index (κ2) is 14.1. The van der Waals surface area contributed by atoms with Crippen molar-refractivity contribution in [2.75, 3.05) is 7.05 Å². The number of rotatable bonds is 8. The van der Waals surface area contributed by atoms with Crippen molar-refractivity contribution < 1.29 is 25.9 Å². The van der Waals surface area contributed by atoms with E-state index in [0.29, 0.717) is 6.04 Å². The molecule has 0 amide bonds. The van der Waals surface area contributed by atoms with Crippen molar-refractivity contribution >= 4 is 32.3 Å². The molecule has 0 radical (unpaired) electrons. The third kappa shape index (κ3) is 6.79. The van der Waals surface area contributed by atoms with E-state index in [9.17, 15) is 0 Å². The third-order valence-electron chi connectivity index (χ3n) is 7.85. The Morgan fingerprint density at radius 2 is 1.41 bits per heavy atom. The maximum atomic E-state index is 5.91. The van der Waals surface area contributed by atoms with E-state index in [0.717, 1.165) is 22.3 Å². The number of furan rings is 2. The first-order valence-electron chi connectivity index (χ1n) is 13.5. The van der Waals surface area contributed by atoms with Gasteiger partial charge in [0.25, 0.3) is 0 Å². The molecule has 2 fully saturated rings. The van der Waals surface area contributed by atoms with Gasteiger partial charge in [0.15, 0.2) is 12.5 Å². The summed E-state index contributed by atoms with van der Waals surface area (Å²) < 4.78 is 14.6. The van der Waals surface area contributed by atoms with Crippen LogP contribution in [0, 0.1) is 0 Å². The summed E-state index contributed by atoms with van der Waals surface area (Å²) in [6, 6.07) is 25.5. The molecule has 0 bridgehead atoms. The Balaban J connectivity index is 0.000000479. The van der Waals surface area contributed by atoms with Gasteiger partial charge in [-0.15, -0.1) is 17.4 Å². The fourth-order valence-corrected chi connectivity index (χ4v) is 12.2. The minimum Gasteiger partial charge on any atom is -0.345 e. The summed E-state index contributed by atoms with van der Waals surface area (Å²) in [7, 11) is 1.52. The first-order chi connectivity index (χ1) is 17.7. The van der Waals surface area contributed by atoms with E-state index >= 15 is 0 Å². The third-order valence-corrected chi connectivity index (χ3v) is 13.7. The average molecular weight is 575 g/mol. The van der Waals surface area contributed by atoms with Gasteiger partial charge in [0.2, 0.25) is 11.0 Å². The minimum absolute atomic E-state index is 0. The van der Waals surface area contributed by atoms with Crippen LogP contribution in [0.2, 0.25) is 0 Å². The van der Waals surface area contributed by atoms with Crippen LogP contribution in [0.1, 0.15) is 69.9 Å². The van der Waals surface area contributed by atoms with Gasteiger partial charge in [0.05, 0.1) is 0 Å². The van der Waals surface area contributed by atoms with Crippen molar-refractivity contribution in [2.24, 2.45) is 0 Å². The zero-order valence-electron chi connectivity index (χ0n) is 22.0. The van der Waals surface area contributed by atoms with E-state index in [1.807, 2.05) is 42.5 Å². The molecule has 1 atom stereocenters. The first-order valence-corrected chi connectivity index (χ1v) is 16.3. The van der Waals surface area contributed by atoms with Crippen molar-refractivity contribution in [1.29, 1.82) is 0 Å². The van der Waals surface area contributed by atoms with Gasteiger partial charge in [-0.2, -0.15) is 35.9 Å². The molecule has 4 aromatic rings. The Morgan fingerprint density at radius 1 is 0.865 bits per heavy atom. The van der Waals surface area contributed by atoms with Gasteiger partial charge < -0.3 is 8.83 Å². The summed E-state index contributed by atoms with van der Waals surface area (Å²) in [6.45, 7) is 2.43. The van der Waals surface area contributed by atoms with E-state index in [-0.39, 0.29) is 25.1 Å². The van der Waals surface area contributed by atoms with Crippen LogP contribution in [0.5, 0.6) is 0 Å². The summed E-state index contributed by atoms with van der Waals surface area (Å²) in [6.07, 6.45) is 15.1. The number of hydrogen-bond donors (Lipinski definition) is 0. The van der Waals surface area contributed by atoms with Crippen molar-refractivity contribution in [1.82, 2.24) is 4.67 Å². The van der Waals surface area contributed by atoms with Crippen LogP contribution in [0.4, 0.5) is 0 Å². The fourth-order valence-electron chi connectivity index (χ4n) is 5.99. The predicted molar refractivity (Wildman–Crippen MR) is 155 cm³/mol. The summed E-state index contributed by atoms with van der Waals surface area (Å²) in [5.41, 5.74) is 5.34. The van der Waals surface area contributed by atoms with Crippen LogP contribution in [-0.2, 0) is 17.1 Å². The molecule has 1 unspecified atom stereocenters. The van der Waals surface area contributed by atoms with Crippen molar-refractivity contribution in [3.8, 4) is 0 Å². The van der Waals surface area contributed by atoms with Crippen LogP contribution in [0.3, 0.4) is 0 Å². The second-order valence-corrected chi connectivity index (χ2v) is 15.0. The van der Waals surface area contributed by atoms with Gasteiger partial charge >= 0.3 is 17.1 Å². The second-order valence-electron chi connectivity index (χ2n) is 10.1. The van der Waals surface area contributed by atoms with E-state index in [1.54, 1.807) is 12.5 Å². The first kappa shape index (κ1) is 28.6. The molecule has 0 spiro atoms. The molecule has 2 heterocycles. The molecule has 2 aromatic carbocycles. The molecular weight excluding hydrogens is 536 g/mol. The quantitative estimate of drug-likeness (QED) is 0.0921. The Bertz CT molecular complexity index is 1040. The number of nitrogens with zero attached hydrogens (tertiary/aromatic N) is 1. The standard InChI is InChI=1S/C26H34NO2P2.C5H5.Fe/c1-20(27(2)31(21-10-3-4-11-21)22-12-5-6-13-22)23-14-7-15-24(23)30(25-16-8-18-28-25)26-17-9-19-29-26;1-2-4-5-3-1;/h7-9,14-22H,3-6,10-13H2,1-2H3;1-5H;/q2*-1;+2. The molecular formula is C31H39FeNO2P2. The van der Waals surface area contributed by atoms with E-state index in [1.165, 1.54) is 62.2 Å². The van der Waals surface area contributed by atoms with Gasteiger partial charge in [-0.3, -0.25) is 4.67 Å². The molecule has 0 N–H and O–H groups in total. The predicted octanol–water partition coefficient (Wildman–Crippen LogP) is 8.03. The van der Waals surface area contributed by atoms with Gasteiger partial charge in [0.1, 0.15) is 0 Å². The molecule has 0 aliphatic heterocycles. The summed E-state index contributed by atoms with van der Waals surface area (Å²) in [5.74, 6) is 0. The Labute approximate surface area is 235 Å². The minimum atomic E-state index is -0.805. The molecule has 3 nitrogen and oxygen atoms in total. The zero-order chi connectivity index (χ0) is 24.7. The Hall–Kier alpha value is -1.40. The maximum absolute atomic E-state index is 5.91. The molecule has 37 heavy (non-hydrogen) atoms. The van der Waals surface area contributed by atoms with Crippen molar-refractivity contribution in [3.05, 3.63) is 90.9 Å². The molecule has 6 rings (SSSR count). The smallest absolute Gasteiger partial charge is 0.345 e. The van der Waals surface area contributed by atoms with E-state index in [2.05, 4.69) is 49.0 Å². The summed E-state index contributed by atoms with van der Waals surface area (Å²) in [5, 5.41) is 1.38. The summed E-state index contributed by atoms with van der Waals surface area (Å²) in [4.78, 5) is 0.